The average Bonchev–Trinajstić information content (AvgIpc) is 2.73. The van der Waals surface area contributed by atoms with Gasteiger partial charge in [0, 0.05) is 38.3 Å². The van der Waals surface area contributed by atoms with E-state index < -0.39 is 4.92 Å². The summed E-state index contributed by atoms with van der Waals surface area (Å²) in [6, 6.07) is 11.9. The first-order chi connectivity index (χ1) is 14.3. The van der Waals surface area contributed by atoms with Gasteiger partial charge in [0.2, 0.25) is 0 Å². The Labute approximate surface area is 184 Å². The van der Waals surface area contributed by atoms with Gasteiger partial charge in [0.05, 0.1) is 15.6 Å². The number of non-ortho nitro benzene ring substituents is 1. The molecule has 158 valence electrons. The Bertz CT molecular complexity index is 964. The number of nitro benzene ring substituents is 1. The zero-order chi connectivity index (χ0) is 21.7. The third kappa shape index (κ3) is 5.37. The molecular weight excluding hydrogens is 428 g/mol. The topological polar surface area (TPSA) is 88.0 Å². The molecule has 8 nitrogen and oxygen atoms in total. The molecule has 0 atom stereocenters. The molecule has 0 spiro atoms. The third-order valence-corrected chi connectivity index (χ3v) is 5.41. The van der Waals surface area contributed by atoms with Gasteiger partial charge in [0.15, 0.2) is 11.7 Å². The largest absolute Gasteiger partial charge is 0.483 e. The summed E-state index contributed by atoms with van der Waals surface area (Å²) >= 11 is 11.6. The first kappa shape index (κ1) is 21.8. The van der Waals surface area contributed by atoms with Crippen LogP contribution in [-0.4, -0.2) is 53.6 Å². The maximum Gasteiger partial charge on any atom is 0.271 e. The molecule has 1 saturated heterocycles. The van der Waals surface area contributed by atoms with Gasteiger partial charge in [0.25, 0.3) is 11.6 Å². The van der Waals surface area contributed by atoms with Crippen LogP contribution in [-0.2, 0) is 4.79 Å². The number of nitrogens with zero attached hydrogens (tertiary/aromatic N) is 3. The van der Waals surface area contributed by atoms with Crippen LogP contribution in [0.5, 0.6) is 5.75 Å². The van der Waals surface area contributed by atoms with Crippen LogP contribution in [0.1, 0.15) is 5.56 Å². The normalized spacial score (nSPS) is 13.7. The lowest BCUT2D eigenvalue weighted by atomic mass is 10.2. The van der Waals surface area contributed by atoms with Crippen molar-refractivity contribution in [3.05, 3.63) is 63.2 Å². The molecule has 1 N–H and O–H groups in total. The highest BCUT2D eigenvalue weighted by Gasteiger charge is 2.22. The maximum atomic E-state index is 12.2. The van der Waals surface area contributed by atoms with Gasteiger partial charge in [-0.3, -0.25) is 14.9 Å². The van der Waals surface area contributed by atoms with Crippen molar-refractivity contribution in [1.29, 1.82) is 0 Å². The highest BCUT2D eigenvalue weighted by atomic mass is 35.5. The summed E-state index contributed by atoms with van der Waals surface area (Å²) in [5.74, 6) is 0.344. The number of hydrogen-bond donors (Lipinski definition) is 1. The fourth-order valence-corrected chi connectivity index (χ4v) is 3.70. The van der Waals surface area contributed by atoms with Crippen molar-refractivity contribution in [3.8, 4) is 5.75 Å². The quantitative estimate of drug-likeness (QED) is 0.427. The van der Waals surface area contributed by atoms with Crippen molar-refractivity contribution in [2.24, 2.45) is 0 Å². The first-order valence-electron chi connectivity index (χ1n) is 9.31. The lowest BCUT2D eigenvalue weighted by Crippen LogP contribution is -2.53. The summed E-state index contributed by atoms with van der Waals surface area (Å²) in [5.41, 5.74) is 1.65. The molecule has 1 aliphatic rings. The second kappa shape index (κ2) is 9.73. The number of anilines is 1. The number of halogens is 1. The molecular formula is C20H21ClN4O4S. The first-order valence-corrected chi connectivity index (χ1v) is 10.1. The number of carbonyl (C=O) groups excluding carboxylic acids is 1. The molecule has 2 aromatic carbocycles. The fraction of sp³-hybridized carbons (Fsp3) is 0.300. The van der Waals surface area contributed by atoms with Crippen LogP contribution >= 0.6 is 23.8 Å². The van der Waals surface area contributed by atoms with E-state index in [0.29, 0.717) is 42.1 Å². The number of amides is 1. The van der Waals surface area contributed by atoms with Crippen molar-refractivity contribution in [3.63, 3.8) is 0 Å². The van der Waals surface area contributed by atoms with Gasteiger partial charge >= 0.3 is 0 Å². The predicted molar refractivity (Wildman–Crippen MR) is 119 cm³/mol. The number of aryl methyl sites for hydroxylation is 1. The summed E-state index contributed by atoms with van der Waals surface area (Å²) in [4.78, 5) is 26.5. The molecule has 1 amide bonds. The van der Waals surface area contributed by atoms with E-state index in [2.05, 4.69) is 5.32 Å². The Hall–Kier alpha value is -2.91. The van der Waals surface area contributed by atoms with Crippen LogP contribution in [0.25, 0.3) is 0 Å². The van der Waals surface area contributed by atoms with Gasteiger partial charge in [0.1, 0.15) is 5.75 Å². The van der Waals surface area contributed by atoms with Crippen LogP contribution in [0.4, 0.5) is 11.4 Å². The summed E-state index contributed by atoms with van der Waals surface area (Å²) in [7, 11) is 0. The Balaban J connectivity index is 1.48. The lowest BCUT2D eigenvalue weighted by molar-refractivity contribution is -0.384. The van der Waals surface area contributed by atoms with Gasteiger partial charge in [-0.25, -0.2) is 0 Å². The number of nitro groups is 1. The Kier molecular flexibility index (Phi) is 7.07. The van der Waals surface area contributed by atoms with Crippen LogP contribution in [0.2, 0.25) is 5.02 Å². The van der Waals surface area contributed by atoms with E-state index in [0.717, 1.165) is 11.3 Å². The maximum absolute atomic E-state index is 12.2. The van der Waals surface area contributed by atoms with Crippen molar-refractivity contribution < 1.29 is 14.5 Å². The molecule has 0 aromatic heterocycles. The number of benzene rings is 2. The average molecular weight is 449 g/mol. The number of nitrogens with one attached hydrogen (secondary N) is 1. The number of thiocarbonyl (C=S) groups is 1. The number of carbonyl (C=O) groups is 1. The SMILES string of the molecule is Cc1ccccc1OCC(=O)NC(=S)N1CCN(c2ccc([N+](=O)[O-])cc2Cl)CC1. The monoisotopic (exact) mass is 448 g/mol. The predicted octanol–water partition coefficient (Wildman–Crippen LogP) is 3.16. The second-order valence-corrected chi connectivity index (χ2v) is 7.57. The summed E-state index contributed by atoms with van der Waals surface area (Å²) in [5, 5.41) is 14.2. The Morgan fingerprint density at radius 2 is 1.93 bits per heavy atom. The number of hydrogen-bond acceptors (Lipinski definition) is 6. The Morgan fingerprint density at radius 1 is 1.23 bits per heavy atom. The van der Waals surface area contributed by atoms with Gasteiger partial charge in [-0.05, 0) is 36.8 Å². The van der Waals surface area contributed by atoms with Crippen molar-refractivity contribution in [1.82, 2.24) is 10.2 Å². The van der Waals surface area contributed by atoms with Crippen LogP contribution in [0, 0.1) is 17.0 Å². The summed E-state index contributed by atoms with van der Waals surface area (Å²) in [6.07, 6.45) is 0. The molecule has 0 saturated carbocycles. The molecule has 0 radical (unpaired) electrons. The van der Waals surface area contributed by atoms with Crippen LogP contribution in [0.15, 0.2) is 42.5 Å². The van der Waals surface area contributed by atoms with Gasteiger partial charge < -0.3 is 19.9 Å². The van der Waals surface area contributed by atoms with E-state index in [-0.39, 0.29) is 18.2 Å². The minimum Gasteiger partial charge on any atom is -0.483 e. The van der Waals surface area contributed by atoms with Crippen molar-refractivity contribution in [2.75, 3.05) is 37.7 Å². The molecule has 3 rings (SSSR count). The lowest BCUT2D eigenvalue weighted by Gasteiger charge is -2.37. The molecule has 0 bridgehead atoms. The second-order valence-electron chi connectivity index (χ2n) is 6.77. The van der Waals surface area contributed by atoms with E-state index in [4.69, 9.17) is 28.6 Å². The van der Waals surface area contributed by atoms with E-state index in [1.165, 1.54) is 12.1 Å². The molecule has 2 aromatic rings. The number of rotatable bonds is 5. The van der Waals surface area contributed by atoms with Crippen molar-refractivity contribution in [2.45, 2.75) is 6.92 Å². The van der Waals surface area contributed by atoms with E-state index in [1.807, 2.05) is 41.0 Å². The van der Waals surface area contributed by atoms with Gasteiger partial charge in [-0.15, -0.1) is 0 Å². The number of piperazine rings is 1. The Morgan fingerprint density at radius 3 is 2.57 bits per heavy atom. The van der Waals surface area contributed by atoms with Crippen LogP contribution in [0.3, 0.4) is 0 Å². The third-order valence-electron chi connectivity index (χ3n) is 4.75. The zero-order valence-electron chi connectivity index (χ0n) is 16.3. The molecule has 0 aliphatic carbocycles. The smallest absolute Gasteiger partial charge is 0.271 e. The van der Waals surface area contributed by atoms with Gasteiger partial charge in [-0.2, -0.15) is 0 Å². The van der Waals surface area contributed by atoms with Crippen molar-refractivity contribution >= 4 is 46.2 Å². The van der Waals surface area contributed by atoms with Crippen LogP contribution < -0.4 is 15.0 Å². The summed E-state index contributed by atoms with van der Waals surface area (Å²) < 4.78 is 5.54. The highest BCUT2D eigenvalue weighted by Crippen LogP contribution is 2.30. The van der Waals surface area contributed by atoms with E-state index in [1.54, 1.807) is 6.07 Å². The molecule has 0 unspecified atom stereocenters. The molecule has 1 heterocycles. The molecule has 30 heavy (non-hydrogen) atoms. The molecule has 1 aliphatic heterocycles. The van der Waals surface area contributed by atoms with E-state index in [9.17, 15) is 14.9 Å². The summed E-state index contributed by atoms with van der Waals surface area (Å²) in [6.45, 7) is 4.20. The highest BCUT2D eigenvalue weighted by molar-refractivity contribution is 7.80. The van der Waals surface area contributed by atoms with Gasteiger partial charge in [-0.1, -0.05) is 29.8 Å². The minimum absolute atomic E-state index is 0.0424. The van der Waals surface area contributed by atoms with E-state index >= 15 is 0 Å². The number of ether oxygens (including phenoxy) is 1. The molecule has 1 fully saturated rings. The fourth-order valence-electron chi connectivity index (χ4n) is 3.11. The standard InChI is InChI=1S/C20H21ClN4O4S/c1-14-4-2-3-5-18(14)29-13-19(26)22-20(30)24-10-8-23(9-11-24)17-7-6-15(25(27)28)12-16(17)21/h2-7,12H,8-11,13H2,1H3,(H,22,26,30). The number of para-hydroxylation sites is 1. The zero-order valence-corrected chi connectivity index (χ0v) is 17.9. The molecule has 10 heteroatoms. The minimum atomic E-state index is -0.475.